The summed E-state index contributed by atoms with van der Waals surface area (Å²) in [6.07, 6.45) is 3.34. The van der Waals surface area contributed by atoms with E-state index in [0.717, 1.165) is 0 Å². The summed E-state index contributed by atoms with van der Waals surface area (Å²) in [7, 11) is 0. The molecule has 0 bridgehead atoms. The highest BCUT2D eigenvalue weighted by molar-refractivity contribution is 6.30. The number of pyridine rings is 1. The van der Waals surface area contributed by atoms with E-state index >= 15 is 0 Å². The summed E-state index contributed by atoms with van der Waals surface area (Å²) in [6, 6.07) is 8.73. The third kappa shape index (κ3) is 6.38. The molecule has 0 aliphatic rings. The average Bonchev–Trinajstić information content (AvgIpc) is 2.66. The van der Waals surface area contributed by atoms with Crippen LogP contribution in [-0.2, 0) is 4.79 Å². The molecule has 2 rings (SSSR count). The summed E-state index contributed by atoms with van der Waals surface area (Å²) in [5.74, 6) is -1.25. The molecule has 1 heterocycles. The molecule has 3 N–H and O–H groups in total. The maximum Gasteiger partial charge on any atom is 0.271 e. The number of amides is 3. The lowest BCUT2D eigenvalue weighted by Gasteiger charge is -2.20. The second-order valence-corrected chi connectivity index (χ2v) is 6.78. The zero-order valence-electron chi connectivity index (χ0n) is 15.0. The fourth-order valence-electron chi connectivity index (χ4n) is 2.32. The lowest BCUT2D eigenvalue weighted by Crippen LogP contribution is -2.52. The molecule has 8 heteroatoms. The van der Waals surface area contributed by atoms with Crippen LogP contribution in [0.25, 0.3) is 0 Å². The van der Waals surface area contributed by atoms with Gasteiger partial charge >= 0.3 is 0 Å². The Kier molecular flexibility index (Phi) is 7.31. The van der Waals surface area contributed by atoms with E-state index in [-0.39, 0.29) is 5.92 Å². The fourth-order valence-corrected chi connectivity index (χ4v) is 2.45. The molecule has 0 spiro atoms. The van der Waals surface area contributed by atoms with Crippen LogP contribution in [-0.4, -0.2) is 28.7 Å². The van der Waals surface area contributed by atoms with Gasteiger partial charge in [0.05, 0.1) is 5.56 Å². The second kappa shape index (κ2) is 9.68. The molecule has 1 unspecified atom stereocenters. The van der Waals surface area contributed by atoms with Crippen LogP contribution in [0.5, 0.6) is 0 Å². The molecule has 7 nitrogen and oxygen atoms in total. The first-order valence-corrected chi connectivity index (χ1v) is 8.81. The molecular weight excluding hydrogens is 368 g/mol. The quantitative estimate of drug-likeness (QED) is 0.661. The van der Waals surface area contributed by atoms with E-state index in [9.17, 15) is 14.4 Å². The number of hydrogen-bond acceptors (Lipinski definition) is 4. The summed E-state index contributed by atoms with van der Waals surface area (Å²) < 4.78 is 0. The second-order valence-electron chi connectivity index (χ2n) is 6.35. The zero-order valence-corrected chi connectivity index (χ0v) is 15.8. The summed E-state index contributed by atoms with van der Waals surface area (Å²) >= 11 is 5.82. The van der Waals surface area contributed by atoms with Crippen LogP contribution < -0.4 is 16.2 Å². The third-order valence-corrected chi connectivity index (χ3v) is 3.91. The summed E-state index contributed by atoms with van der Waals surface area (Å²) in [5.41, 5.74) is 5.37. The summed E-state index contributed by atoms with van der Waals surface area (Å²) in [5, 5.41) is 3.20. The molecular formula is C19H21ClN4O3. The van der Waals surface area contributed by atoms with Crippen LogP contribution >= 0.6 is 11.6 Å². The fraction of sp³-hybridized carbons (Fsp3) is 0.263. The van der Waals surface area contributed by atoms with Crippen molar-refractivity contribution in [3.05, 3.63) is 64.9 Å². The Balaban J connectivity index is 1.99. The molecule has 3 amide bonds. The number of carbonyl (C=O) groups is 3. The minimum Gasteiger partial charge on any atom is -0.340 e. The number of aromatic nitrogens is 1. The average molecular weight is 389 g/mol. The van der Waals surface area contributed by atoms with Crippen LogP contribution in [0.4, 0.5) is 0 Å². The maximum absolute atomic E-state index is 12.5. The number of nitrogens with one attached hydrogen (secondary N) is 3. The van der Waals surface area contributed by atoms with Crippen molar-refractivity contribution in [2.75, 3.05) is 0 Å². The van der Waals surface area contributed by atoms with Gasteiger partial charge in [0.2, 0.25) is 0 Å². The SMILES string of the molecule is CC(C)CC(NC(=O)c1ccc(Cl)cc1)C(=O)NNC(=O)c1cccnc1. The highest BCUT2D eigenvalue weighted by atomic mass is 35.5. The van der Waals surface area contributed by atoms with Gasteiger partial charge in [-0.1, -0.05) is 25.4 Å². The van der Waals surface area contributed by atoms with E-state index < -0.39 is 23.8 Å². The van der Waals surface area contributed by atoms with Crippen LogP contribution in [0.3, 0.4) is 0 Å². The number of hydrazine groups is 1. The van der Waals surface area contributed by atoms with Gasteiger partial charge in [-0.15, -0.1) is 0 Å². The van der Waals surface area contributed by atoms with Gasteiger partial charge in [0.25, 0.3) is 17.7 Å². The molecule has 0 aliphatic heterocycles. The Morgan fingerprint density at radius 3 is 2.30 bits per heavy atom. The Labute approximate surface area is 162 Å². The number of rotatable bonds is 6. The number of carbonyl (C=O) groups excluding carboxylic acids is 3. The van der Waals surface area contributed by atoms with Crippen LogP contribution in [0.2, 0.25) is 5.02 Å². The van der Waals surface area contributed by atoms with Crippen molar-refractivity contribution in [1.82, 2.24) is 21.2 Å². The van der Waals surface area contributed by atoms with Gasteiger partial charge in [-0.3, -0.25) is 30.2 Å². The molecule has 27 heavy (non-hydrogen) atoms. The Hall–Kier alpha value is -2.93. The topological polar surface area (TPSA) is 100 Å². The van der Waals surface area contributed by atoms with Crippen molar-refractivity contribution in [1.29, 1.82) is 0 Å². The Morgan fingerprint density at radius 2 is 1.70 bits per heavy atom. The molecule has 0 saturated heterocycles. The first-order valence-electron chi connectivity index (χ1n) is 8.43. The van der Waals surface area contributed by atoms with E-state index in [4.69, 9.17) is 11.6 Å². The first kappa shape index (κ1) is 20.4. The van der Waals surface area contributed by atoms with Crippen molar-refractivity contribution in [3.8, 4) is 0 Å². The smallest absolute Gasteiger partial charge is 0.271 e. The van der Waals surface area contributed by atoms with Crippen molar-refractivity contribution in [2.45, 2.75) is 26.3 Å². The van der Waals surface area contributed by atoms with E-state index in [1.54, 1.807) is 42.6 Å². The van der Waals surface area contributed by atoms with Gasteiger partial charge in [0.1, 0.15) is 6.04 Å². The van der Waals surface area contributed by atoms with Gasteiger partial charge in [0.15, 0.2) is 0 Å². The number of nitrogens with zero attached hydrogens (tertiary/aromatic N) is 1. The maximum atomic E-state index is 12.5. The minimum atomic E-state index is -0.803. The van der Waals surface area contributed by atoms with Gasteiger partial charge in [0, 0.05) is 23.0 Å². The highest BCUT2D eigenvalue weighted by Gasteiger charge is 2.23. The Bertz CT molecular complexity index is 794. The molecule has 2 aromatic rings. The van der Waals surface area contributed by atoms with Gasteiger partial charge in [-0.25, -0.2) is 0 Å². The third-order valence-electron chi connectivity index (χ3n) is 3.66. The number of hydrogen-bond donors (Lipinski definition) is 3. The predicted molar refractivity (Wildman–Crippen MR) is 102 cm³/mol. The van der Waals surface area contributed by atoms with Crippen molar-refractivity contribution in [3.63, 3.8) is 0 Å². The van der Waals surface area contributed by atoms with E-state index in [2.05, 4.69) is 21.2 Å². The van der Waals surface area contributed by atoms with Gasteiger partial charge < -0.3 is 5.32 Å². The van der Waals surface area contributed by atoms with E-state index in [0.29, 0.717) is 22.6 Å². The van der Waals surface area contributed by atoms with Gasteiger partial charge in [-0.2, -0.15) is 0 Å². The molecule has 0 aliphatic carbocycles. The zero-order chi connectivity index (χ0) is 19.8. The standard InChI is InChI=1S/C19H21ClN4O3/c1-12(2)10-16(22-17(25)13-5-7-15(20)8-6-13)19(27)24-23-18(26)14-4-3-9-21-11-14/h3-9,11-12,16H,10H2,1-2H3,(H,22,25)(H,23,26)(H,24,27). The van der Waals surface area contributed by atoms with Crippen molar-refractivity contribution in [2.24, 2.45) is 5.92 Å². The van der Waals surface area contributed by atoms with Crippen molar-refractivity contribution < 1.29 is 14.4 Å². The minimum absolute atomic E-state index is 0.153. The summed E-state index contributed by atoms with van der Waals surface area (Å²) in [4.78, 5) is 40.7. The molecule has 142 valence electrons. The van der Waals surface area contributed by atoms with Crippen LogP contribution in [0.15, 0.2) is 48.8 Å². The first-order chi connectivity index (χ1) is 12.9. The molecule has 1 atom stereocenters. The lowest BCUT2D eigenvalue weighted by molar-refractivity contribution is -0.124. The predicted octanol–water partition coefficient (Wildman–Crippen LogP) is 2.34. The molecule has 0 fully saturated rings. The van der Waals surface area contributed by atoms with E-state index in [1.807, 2.05) is 13.8 Å². The van der Waals surface area contributed by atoms with Crippen molar-refractivity contribution >= 4 is 29.3 Å². The monoisotopic (exact) mass is 388 g/mol. The number of benzene rings is 1. The van der Waals surface area contributed by atoms with E-state index in [1.165, 1.54) is 6.20 Å². The molecule has 1 aromatic heterocycles. The largest absolute Gasteiger partial charge is 0.340 e. The number of halogens is 1. The molecule has 1 aromatic carbocycles. The lowest BCUT2D eigenvalue weighted by atomic mass is 10.0. The summed E-state index contributed by atoms with van der Waals surface area (Å²) in [6.45, 7) is 3.87. The van der Waals surface area contributed by atoms with Crippen LogP contribution in [0, 0.1) is 5.92 Å². The van der Waals surface area contributed by atoms with Crippen LogP contribution in [0.1, 0.15) is 41.0 Å². The molecule has 0 radical (unpaired) electrons. The normalized spacial score (nSPS) is 11.6. The molecule has 0 saturated carbocycles. The highest BCUT2D eigenvalue weighted by Crippen LogP contribution is 2.11. The van der Waals surface area contributed by atoms with Gasteiger partial charge in [-0.05, 0) is 48.7 Å². The Morgan fingerprint density at radius 1 is 1.00 bits per heavy atom.